The van der Waals surface area contributed by atoms with Gasteiger partial charge in [0.15, 0.2) is 0 Å². The molecule has 0 aromatic rings. The van der Waals surface area contributed by atoms with E-state index in [0.29, 0.717) is 12.0 Å². The molecule has 1 fully saturated rings. The Balaban J connectivity index is 2.62. The van der Waals surface area contributed by atoms with Crippen LogP contribution >= 0.6 is 15.9 Å². The zero-order valence-electron chi connectivity index (χ0n) is 7.72. The lowest BCUT2D eigenvalue weighted by Crippen LogP contribution is -2.36. The van der Waals surface area contributed by atoms with E-state index in [0.717, 1.165) is 24.7 Å². The van der Waals surface area contributed by atoms with Gasteiger partial charge in [-0.2, -0.15) is 0 Å². The Labute approximate surface area is 82.4 Å². The highest BCUT2D eigenvalue weighted by atomic mass is 79.9. The number of carbonyl (C=O) groups is 1. The molecule has 3 heteroatoms. The Morgan fingerprint density at radius 1 is 1.67 bits per heavy atom. The minimum absolute atomic E-state index is 0.227. The fraction of sp³-hybridized carbons (Fsp3) is 0.889. The first-order valence-electron chi connectivity index (χ1n) is 4.53. The molecule has 0 aromatic carbocycles. The van der Waals surface area contributed by atoms with Crippen LogP contribution in [-0.4, -0.2) is 28.7 Å². The zero-order valence-corrected chi connectivity index (χ0v) is 9.30. The molecule has 12 heavy (non-hydrogen) atoms. The lowest BCUT2D eigenvalue weighted by atomic mass is 10.0. The minimum Gasteiger partial charge on any atom is -0.340 e. The van der Waals surface area contributed by atoms with E-state index in [4.69, 9.17) is 0 Å². The highest BCUT2D eigenvalue weighted by Crippen LogP contribution is 2.27. The predicted molar refractivity (Wildman–Crippen MR) is 53.4 cm³/mol. The first-order valence-corrected chi connectivity index (χ1v) is 5.66. The molecule has 1 saturated heterocycles. The standard InChI is InChI=1S/C9H16BrNO/c1-3-9-8(6-10)4-5-11(9)7(2)12/h8-9H,3-6H2,1-2H3. The molecule has 2 atom stereocenters. The molecule has 0 radical (unpaired) electrons. The summed E-state index contributed by atoms with van der Waals surface area (Å²) in [6.07, 6.45) is 2.24. The van der Waals surface area contributed by atoms with Gasteiger partial charge < -0.3 is 4.90 Å². The van der Waals surface area contributed by atoms with Crippen LogP contribution in [0.5, 0.6) is 0 Å². The topological polar surface area (TPSA) is 20.3 Å². The lowest BCUT2D eigenvalue weighted by molar-refractivity contribution is -0.129. The van der Waals surface area contributed by atoms with Crippen LogP contribution < -0.4 is 0 Å². The molecule has 2 nitrogen and oxygen atoms in total. The van der Waals surface area contributed by atoms with Gasteiger partial charge >= 0.3 is 0 Å². The molecule has 1 amide bonds. The van der Waals surface area contributed by atoms with Crippen molar-refractivity contribution in [3.63, 3.8) is 0 Å². The molecule has 70 valence electrons. The van der Waals surface area contributed by atoms with Crippen molar-refractivity contribution in [3.05, 3.63) is 0 Å². The van der Waals surface area contributed by atoms with Gasteiger partial charge in [-0.1, -0.05) is 22.9 Å². The molecule has 2 unspecified atom stereocenters. The SMILES string of the molecule is CCC1C(CBr)CCN1C(C)=O. The minimum atomic E-state index is 0.227. The Bertz CT molecular complexity index is 172. The van der Waals surface area contributed by atoms with Gasteiger partial charge in [0, 0.05) is 24.8 Å². The number of hydrogen-bond acceptors (Lipinski definition) is 1. The molecule has 0 bridgehead atoms. The average Bonchev–Trinajstić information content (AvgIpc) is 2.46. The summed E-state index contributed by atoms with van der Waals surface area (Å²) < 4.78 is 0. The Morgan fingerprint density at radius 3 is 2.75 bits per heavy atom. The van der Waals surface area contributed by atoms with Crippen molar-refractivity contribution >= 4 is 21.8 Å². The number of alkyl halides is 1. The van der Waals surface area contributed by atoms with Gasteiger partial charge in [-0.3, -0.25) is 4.79 Å². The molecule has 0 aliphatic carbocycles. The Hall–Kier alpha value is -0.0500. The van der Waals surface area contributed by atoms with Crippen LogP contribution in [0.3, 0.4) is 0 Å². The second-order valence-corrected chi connectivity index (χ2v) is 4.04. The number of likely N-dealkylation sites (tertiary alicyclic amines) is 1. The third-order valence-corrected chi connectivity index (χ3v) is 3.54. The summed E-state index contributed by atoms with van der Waals surface area (Å²) in [6.45, 7) is 4.77. The maximum atomic E-state index is 11.2. The maximum absolute atomic E-state index is 11.2. The average molecular weight is 234 g/mol. The Morgan fingerprint density at radius 2 is 2.33 bits per heavy atom. The summed E-state index contributed by atoms with van der Waals surface area (Å²) in [5, 5.41) is 1.02. The van der Waals surface area contributed by atoms with Crippen LogP contribution in [0.4, 0.5) is 0 Å². The van der Waals surface area contributed by atoms with E-state index in [1.54, 1.807) is 6.92 Å². The second kappa shape index (κ2) is 4.26. The van der Waals surface area contributed by atoms with E-state index in [2.05, 4.69) is 22.9 Å². The van der Waals surface area contributed by atoms with E-state index >= 15 is 0 Å². The third-order valence-electron chi connectivity index (χ3n) is 2.71. The summed E-state index contributed by atoms with van der Waals surface area (Å²) in [5.74, 6) is 0.893. The summed E-state index contributed by atoms with van der Waals surface area (Å²) in [6, 6.07) is 0.474. The smallest absolute Gasteiger partial charge is 0.219 e. The summed E-state index contributed by atoms with van der Waals surface area (Å²) in [5.41, 5.74) is 0. The largest absolute Gasteiger partial charge is 0.340 e. The highest BCUT2D eigenvalue weighted by molar-refractivity contribution is 9.09. The van der Waals surface area contributed by atoms with Crippen LogP contribution in [0, 0.1) is 5.92 Å². The molecule has 0 N–H and O–H groups in total. The first-order chi connectivity index (χ1) is 5.70. The van der Waals surface area contributed by atoms with E-state index < -0.39 is 0 Å². The van der Waals surface area contributed by atoms with Crippen LogP contribution in [0.15, 0.2) is 0 Å². The van der Waals surface area contributed by atoms with Crippen LogP contribution in [0.1, 0.15) is 26.7 Å². The van der Waals surface area contributed by atoms with Crippen molar-refractivity contribution in [2.75, 3.05) is 11.9 Å². The summed E-state index contributed by atoms with van der Waals surface area (Å²) in [4.78, 5) is 13.2. The van der Waals surface area contributed by atoms with E-state index in [1.807, 2.05) is 4.90 Å². The van der Waals surface area contributed by atoms with Crippen molar-refractivity contribution in [2.45, 2.75) is 32.7 Å². The molecular formula is C9H16BrNO. The van der Waals surface area contributed by atoms with E-state index in [1.165, 1.54) is 0 Å². The molecule has 0 spiro atoms. The third kappa shape index (κ3) is 1.82. The van der Waals surface area contributed by atoms with Gasteiger partial charge in [-0.25, -0.2) is 0 Å². The molecule has 1 rings (SSSR count). The van der Waals surface area contributed by atoms with Crippen LogP contribution in [-0.2, 0) is 4.79 Å². The van der Waals surface area contributed by atoms with Crippen molar-refractivity contribution in [2.24, 2.45) is 5.92 Å². The molecule has 0 saturated carbocycles. The molecule has 1 aliphatic heterocycles. The van der Waals surface area contributed by atoms with Crippen molar-refractivity contribution in [3.8, 4) is 0 Å². The van der Waals surface area contributed by atoms with Gasteiger partial charge in [0.2, 0.25) is 5.91 Å². The zero-order chi connectivity index (χ0) is 9.14. The number of rotatable bonds is 2. The first kappa shape index (κ1) is 10.0. The number of halogens is 1. The summed E-state index contributed by atoms with van der Waals surface area (Å²) >= 11 is 3.50. The van der Waals surface area contributed by atoms with Crippen molar-refractivity contribution in [1.29, 1.82) is 0 Å². The van der Waals surface area contributed by atoms with E-state index in [9.17, 15) is 4.79 Å². The van der Waals surface area contributed by atoms with Gasteiger partial charge in [0.1, 0.15) is 0 Å². The van der Waals surface area contributed by atoms with Gasteiger partial charge in [-0.15, -0.1) is 0 Å². The molecule has 0 aromatic heterocycles. The highest BCUT2D eigenvalue weighted by Gasteiger charge is 2.33. The second-order valence-electron chi connectivity index (χ2n) is 3.39. The van der Waals surface area contributed by atoms with Gasteiger partial charge in [0.25, 0.3) is 0 Å². The number of nitrogens with zero attached hydrogens (tertiary/aromatic N) is 1. The predicted octanol–water partition coefficient (Wildman–Crippen LogP) is 2.03. The summed E-state index contributed by atoms with van der Waals surface area (Å²) in [7, 11) is 0. The van der Waals surface area contributed by atoms with Crippen molar-refractivity contribution in [1.82, 2.24) is 4.90 Å². The number of amides is 1. The monoisotopic (exact) mass is 233 g/mol. The molecule has 1 heterocycles. The maximum Gasteiger partial charge on any atom is 0.219 e. The van der Waals surface area contributed by atoms with E-state index in [-0.39, 0.29) is 5.91 Å². The fourth-order valence-corrected chi connectivity index (χ4v) is 2.80. The Kier molecular flexibility index (Phi) is 3.56. The van der Waals surface area contributed by atoms with Gasteiger partial charge in [0.05, 0.1) is 0 Å². The number of hydrogen-bond donors (Lipinski definition) is 0. The fourth-order valence-electron chi connectivity index (χ4n) is 2.04. The van der Waals surface area contributed by atoms with Crippen LogP contribution in [0.2, 0.25) is 0 Å². The lowest BCUT2D eigenvalue weighted by Gasteiger charge is -2.25. The quantitative estimate of drug-likeness (QED) is 0.669. The van der Waals surface area contributed by atoms with Crippen molar-refractivity contribution < 1.29 is 4.79 Å². The van der Waals surface area contributed by atoms with Gasteiger partial charge in [-0.05, 0) is 18.8 Å². The molecule has 1 aliphatic rings. The molecular weight excluding hydrogens is 218 g/mol. The normalized spacial score (nSPS) is 29.4. The number of carbonyl (C=O) groups excluding carboxylic acids is 1. The van der Waals surface area contributed by atoms with Crippen LogP contribution in [0.25, 0.3) is 0 Å².